The number of halogens is 2. The molecule has 1 heterocycles. The molecular weight excluding hydrogens is 299 g/mol. The van der Waals surface area contributed by atoms with E-state index in [1.807, 2.05) is 12.1 Å². The number of amides is 1. The zero-order valence-electron chi connectivity index (χ0n) is 10.9. The van der Waals surface area contributed by atoms with Crippen molar-refractivity contribution < 1.29 is 4.79 Å². The van der Waals surface area contributed by atoms with E-state index >= 15 is 0 Å². The summed E-state index contributed by atoms with van der Waals surface area (Å²) in [5.41, 5.74) is 1.60. The third kappa shape index (κ3) is 3.71. The molecular formula is C13H14Cl2N4O. The topological polar surface area (TPSA) is 61.9 Å². The maximum atomic E-state index is 12.0. The summed E-state index contributed by atoms with van der Waals surface area (Å²) in [4.78, 5) is 13.7. The van der Waals surface area contributed by atoms with Gasteiger partial charge < -0.3 is 4.90 Å². The number of rotatable bonds is 5. The van der Waals surface area contributed by atoms with Crippen LogP contribution >= 0.6 is 23.2 Å². The lowest BCUT2D eigenvalue weighted by atomic mass is 10.2. The van der Waals surface area contributed by atoms with Gasteiger partial charge in [0.15, 0.2) is 0 Å². The number of benzene rings is 1. The van der Waals surface area contributed by atoms with Crippen LogP contribution in [0.2, 0.25) is 10.0 Å². The molecule has 0 unspecified atom stereocenters. The highest BCUT2D eigenvalue weighted by atomic mass is 35.5. The number of aryl methyl sites for hydroxylation is 1. The van der Waals surface area contributed by atoms with E-state index in [2.05, 4.69) is 15.4 Å². The first kappa shape index (κ1) is 14.8. The number of aromatic amines is 1. The summed E-state index contributed by atoms with van der Waals surface area (Å²) in [6.45, 7) is 0.428. The molecule has 7 heteroatoms. The van der Waals surface area contributed by atoms with Crippen molar-refractivity contribution in [3.63, 3.8) is 0 Å². The van der Waals surface area contributed by atoms with E-state index in [1.54, 1.807) is 24.2 Å². The van der Waals surface area contributed by atoms with Crippen molar-refractivity contribution in [2.24, 2.45) is 0 Å². The summed E-state index contributed by atoms with van der Waals surface area (Å²) in [5.74, 6) is 0.0176. The molecule has 5 nitrogen and oxygen atoms in total. The Kier molecular flexibility index (Phi) is 4.98. The number of H-pyrrole nitrogens is 1. The average Bonchev–Trinajstić information content (AvgIpc) is 2.94. The second-order valence-electron chi connectivity index (χ2n) is 4.42. The smallest absolute Gasteiger partial charge is 0.223 e. The largest absolute Gasteiger partial charge is 0.341 e. The highest BCUT2D eigenvalue weighted by molar-refractivity contribution is 6.42. The Morgan fingerprint density at radius 2 is 2.20 bits per heavy atom. The van der Waals surface area contributed by atoms with Gasteiger partial charge in [0.25, 0.3) is 0 Å². The molecule has 2 rings (SSSR count). The monoisotopic (exact) mass is 312 g/mol. The molecule has 0 aliphatic heterocycles. The maximum absolute atomic E-state index is 12.0. The van der Waals surface area contributed by atoms with Crippen LogP contribution in [0.4, 0.5) is 0 Å². The minimum Gasteiger partial charge on any atom is -0.341 e. The summed E-state index contributed by atoms with van der Waals surface area (Å²) >= 11 is 12.1. The Bertz CT molecular complexity index is 586. The molecule has 2 aromatic rings. The molecule has 1 N–H and O–H groups in total. The van der Waals surface area contributed by atoms with Crippen LogP contribution in [0.15, 0.2) is 24.4 Å². The van der Waals surface area contributed by atoms with Gasteiger partial charge in [-0.05, 0) is 11.6 Å². The number of hydrogen-bond acceptors (Lipinski definition) is 3. The fourth-order valence-corrected chi connectivity index (χ4v) is 2.17. The van der Waals surface area contributed by atoms with Crippen molar-refractivity contribution in [3.05, 3.63) is 45.7 Å². The number of hydrogen-bond donors (Lipinski definition) is 1. The van der Waals surface area contributed by atoms with Gasteiger partial charge in [-0.3, -0.25) is 4.79 Å². The summed E-state index contributed by atoms with van der Waals surface area (Å²) in [5, 5.41) is 11.1. The lowest BCUT2D eigenvalue weighted by molar-refractivity contribution is -0.130. The Hall–Kier alpha value is -1.59. The van der Waals surface area contributed by atoms with E-state index in [1.165, 1.54) is 0 Å². The van der Waals surface area contributed by atoms with Crippen LogP contribution < -0.4 is 0 Å². The number of carbonyl (C=O) groups is 1. The molecule has 1 aromatic carbocycles. The zero-order valence-corrected chi connectivity index (χ0v) is 12.4. The van der Waals surface area contributed by atoms with Gasteiger partial charge in [-0.25, -0.2) is 0 Å². The van der Waals surface area contributed by atoms with Gasteiger partial charge >= 0.3 is 0 Å². The summed E-state index contributed by atoms with van der Waals surface area (Å²) in [6.07, 6.45) is 2.55. The van der Waals surface area contributed by atoms with Crippen molar-refractivity contribution in [2.45, 2.75) is 19.4 Å². The van der Waals surface area contributed by atoms with Crippen LogP contribution in [-0.4, -0.2) is 33.3 Å². The molecule has 0 spiro atoms. The van der Waals surface area contributed by atoms with Gasteiger partial charge in [0.05, 0.1) is 21.9 Å². The fraction of sp³-hybridized carbons (Fsp3) is 0.308. The minimum absolute atomic E-state index is 0.0176. The van der Waals surface area contributed by atoms with E-state index in [4.69, 9.17) is 23.2 Å². The second-order valence-corrected chi connectivity index (χ2v) is 5.21. The molecule has 20 heavy (non-hydrogen) atoms. The lowest BCUT2D eigenvalue weighted by Crippen LogP contribution is -2.26. The Morgan fingerprint density at radius 3 is 2.90 bits per heavy atom. The van der Waals surface area contributed by atoms with E-state index in [0.29, 0.717) is 29.4 Å². The van der Waals surface area contributed by atoms with Crippen LogP contribution in [0.3, 0.4) is 0 Å². The standard InChI is InChI=1S/C13H14Cl2N4O/c1-19(8-9-3-2-4-11(14)13(9)15)12(20)6-5-10-7-16-18-17-10/h2-4,7H,5-6,8H2,1H3,(H,16,17,18). The highest BCUT2D eigenvalue weighted by Gasteiger charge is 2.13. The normalized spacial score (nSPS) is 10.6. The Labute approximate surface area is 126 Å². The van der Waals surface area contributed by atoms with Gasteiger partial charge in [-0.15, -0.1) is 0 Å². The molecule has 1 aromatic heterocycles. The number of nitrogens with one attached hydrogen (secondary N) is 1. The number of carbonyl (C=O) groups excluding carboxylic acids is 1. The minimum atomic E-state index is 0.0176. The van der Waals surface area contributed by atoms with Crippen LogP contribution in [0.1, 0.15) is 17.7 Å². The maximum Gasteiger partial charge on any atom is 0.223 e. The van der Waals surface area contributed by atoms with Crippen molar-refractivity contribution in [1.82, 2.24) is 20.3 Å². The van der Waals surface area contributed by atoms with Gasteiger partial charge in [-0.2, -0.15) is 15.4 Å². The second kappa shape index (κ2) is 6.72. The first-order valence-electron chi connectivity index (χ1n) is 6.09. The molecule has 1 amide bonds. The summed E-state index contributed by atoms with van der Waals surface area (Å²) in [7, 11) is 1.74. The first-order chi connectivity index (χ1) is 9.58. The first-order valence-corrected chi connectivity index (χ1v) is 6.85. The SMILES string of the molecule is CN(Cc1cccc(Cl)c1Cl)C(=O)CCc1cn[nH]n1. The van der Waals surface area contributed by atoms with Crippen LogP contribution in [0.5, 0.6) is 0 Å². The van der Waals surface area contributed by atoms with Crippen molar-refractivity contribution >= 4 is 29.1 Å². The van der Waals surface area contributed by atoms with Gasteiger partial charge in [-0.1, -0.05) is 35.3 Å². The van der Waals surface area contributed by atoms with E-state index in [9.17, 15) is 4.79 Å². The van der Waals surface area contributed by atoms with Crippen LogP contribution in [0.25, 0.3) is 0 Å². The quantitative estimate of drug-likeness (QED) is 0.923. The van der Waals surface area contributed by atoms with E-state index < -0.39 is 0 Å². The number of aromatic nitrogens is 3. The van der Waals surface area contributed by atoms with Crippen LogP contribution in [0, 0.1) is 0 Å². The average molecular weight is 313 g/mol. The summed E-state index contributed by atoms with van der Waals surface area (Å²) in [6, 6.07) is 5.40. The highest BCUT2D eigenvalue weighted by Crippen LogP contribution is 2.26. The van der Waals surface area contributed by atoms with Crippen molar-refractivity contribution in [1.29, 1.82) is 0 Å². The molecule has 0 bridgehead atoms. The van der Waals surface area contributed by atoms with Crippen molar-refractivity contribution in [2.75, 3.05) is 7.05 Å². The van der Waals surface area contributed by atoms with E-state index in [0.717, 1.165) is 11.3 Å². The van der Waals surface area contributed by atoms with Gasteiger partial charge in [0, 0.05) is 26.4 Å². The molecule has 0 saturated heterocycles. The van der Waals surface area contributed by atoms with Crippen LogP contribution in [-0.2, 0) is 17.8 Å². The Balaban J connectivity index is 1.92. The lowest BCUT2D eigenvalue weighted by Gasteiger charge is -2.18. The van der Waals surface area contributed by atoms with Gasteiger partial charge in [0.1, 0.15) is 0 Å². The molecule has 0 saturated carbocycles. The molecule has 0 aliphatic rings. The van der Waals surface area contributed by atoms with Crippen molar-refractivity contribution in [3.8, 4) is 0 Å². The molecule has 0 aliphatic carbocycles. The molecule has 0 radical (unpaired) electrons. The fourth-order valence-electron chi connectivity index (χ4n) is 1.79. The third-order valence-corrected chi connectivity index (χ3v) is 3.78. The summed E-state index contributed by atoms with van der Waals surface area (Å²) < 4.78 is 0. The molecule has 106 valence electrons. The number of nitrogens with zero attached hydrogens (tertiary/aromatic N) is 3. The zero-order chi connectivity index (χ0) is 14.5. The van der Waals surface area contributed by atoms with E-state index in [-0.39, 0.29) is 5.91 Å². The van der Waals surface area contributed by atoms with Gasteiger partial charge in [0.2, 0.25) is 5.91 Å². The predicted molar refractivity (Wildman–Crippen MR) is 77.6 cm³/mol. The third-order valence-electron chi connectivity index (χ3n) is 2.92. The molecule has 0 fully saturated rings. The predicted octanol–water partition coefficient (Wildman–Crippen LogP) is 2.70. The Morgan fingerprint density at radius 1 is 1.40 bits per heavy atom. The molecule has 0 atom stereocenters.